The van der Waals surface area contributed by atoms with Crippen LogP contribution >= 0.6 is 0 Å². The SMILES string of the molecule is CN(/N=C1/CNCCN1C=O)c1nc(C(=N)/C=C(\NCc2ccccc2F)c2ccon2)ncc1F. The van der Waals surface area contributed by atoms with Crippen molar-refractivity contribution in [1.82, 2.24) is 30.7 Å². The Morgan fingerprint density at radius 2 is 2.17 bits per heavy atom. The van der Waals surface area contributed by atoms with Crippen LogP contribution in [0.4, 0.5) is 14.6 Å². The first-order valence-corrected chi connectivity index (χ1v) is 10.9. The van der Waals surface area contributed by atoms with E-state index >= 15 is 0 Å². The summed E-state index contributed by atoms with van der Waals surface area (Å²) in [6, 6.07) is 7.87. The highest BCUT2D eigenvalue weighted by atomic mass is 19.1. The molecule has 0 atom stereocenters. The molecule has 4 rings (SSSR count). The molecular weight excluding hydrogens is 472 g/mol. The maximum absolute atomic E-state index is 14.6. The van der Waals surface area contributed by atoms with Crippen molar-refractivity contribution in [2.45, 2.75) is 6.54 Å². The molecular formula is C23H23F2N9O2. The van der Waals surface area contributed by atoms with Gasteiger partial charge < -0.3 is 15.2 Å². The smallest absolute Gasteiger partial charge is 0.215 e. The van der Waals surface area contributed by atoms with E-state index in [1.807, 2.05) is 0 Å². The van der Waals surface area contributed by atoms with Gasteiger partial charge in [0.05, 0.1) is 18.4 Å². The molecule has 0 unspecified atom stereocenters. The number of amidine groups is 1. The Kier molecular flexibility index (Phi) is 7.70. The van der Waals surface area contributed by atoms with Crippen molar-refractivity contribution in [2.75, 3.05) is 31.7 Å². The van der Waals surface area contributed by atoms with Crippen molar-refractivity contribution in [2.24, 2.45) is 5.10 Å². The molecule has 36 heavy (non-hydrogen) atoms. The minimum absolute atomic E-state index is 0.0823. The first-order chi connectivity index (χ1) is 17.5. The highest BCUT2D eigenvalue weighted by Gasteiger charge is 2.19. The Morgan fingerprint density at radius 3 is 2.92 bits per heavy atom. The van der Waals surface area contributed by atoms with E-state index in [4.69, 9.17) is 9.93 Å². The third kappa shape index (κ3) is 5.75. The van der Waals surface area contributed by atoms with Crippen LogP contribution in [0.25, 0.3) is 5.70 Å². The van der Waals surface area contributed by atoms with Gasteiger partial charge in [-0.15, -0.1) is 0 Å². The number of amides is 1. The van der Waals surface area contributed by atoms with Crippen molar-refractivity contribution in [1.29, 1.82) is 5.41 Å². The van der Waals surface area contributed by atoms with Gasteiger partial charge in [0.2, 0.25) is 6.41 Å². The number of aromatic nitrogens is 3. The third-order valence-electron chi connectivity index (χ3n) is 5.24. The summed E-state index contributed by atoms with van der Waals surface area (Å²) in [6.07, 6.45) is 4.35. The number of allylic oxidation sites excluding steroid dienone is 1. The summed E-state index contributed by atoms with van der Waals surface area (Å²) in [4.78, 5) is 20.8. The number of hydrogen-bond acceptors (Lipinski definition) is 10. The number of piperazine rings is 1. The van der Waals surface area contributed by atoms with Crippen LogP contribution in [-0.2, 0) is 11.3 Å². The van der Waals surface area contributed by atoms with Crippen molar-refractivity contribution >= 4 is 29.5 Å². The fourth-order valence-corrected chi connectivity index (χ4v) is 3.38. The average molecular weight is 495 g/mol. The van der Waals surface area contributed by atoms with Crippen LogP contribution in [0.15, 0.2) is 58.5 Å². The molecule has 1 fully saturated rings. The van der Waals surface area contributed by atoms with Gasteiger partial charge in [0.15, 0.2) is 17.5 Å². The molecule has 1 amide bonds. The first kappa shape index (κ1) is 24.6. The zero-order valence-electron chi connectivity index (χ0n) is 19.3. The minimum atomic E-state index is -0.752. The van der Waals surface area contributed by atoms with Crippen LogP contribution in [0.3, 0.4) is 0 Å². The van der Waals surface area contributed by atoms with Crippen LogP contribution in [0, 0.1) is 17.0 Å². The predicted molar refractivity (Wildman–Crippen MR) is 128 cm³/mol. The quantitative estimate of drug-likeness (QED) is 0.232. The summed E-state index contributed by atoms with van der Waals surface area (Å²) in [5.74, 6) is -0.986. The molecule has 186 valence electrons. The van der Waals surface area contributed by atoms with Gasteiger partial charge in [0, 0.05) is 38.3 Å². The molecule has 0 bridgehead atoms. The second-order valence-electron chi connectivity index (χ2n) is 7.68. The van der Waals surface area contributed by atoms with Crippen LogP contribution in [0.5, 0.6) is 0 Å². The van der Waals surface area contributed by atoms with Gasteiger partial charge in [-0.2, -0.15) is 5.10 Å². The summed E-state index contributed by atoms with van der Waals surface area (Å²) < 4.78 is 33.5. The van der Waals surface area contributed by atoms with E-state index in [9.17, 15) is 13.6 Å². The second kappa shape index (κ2) is 11.3. The van der Waals surface area contributed by atoms with Gasteiger partial charge in [0.1, 0.15) is 29.3 Å². The topological polar surface area (TPSA) is 136 Å². The molecule has 1 aliphatic rings. The number of nitrogens with one attached hydrogen (secondary N) is 3. The van der Waals surface area contributed by atoms with Crippen molar-refractivity contribution < 1.29 is 18.1 Å². The van der Waals surface area contributed by atoms with Crippen LogP contribution < -0.4 is 15.6 Å². The lowest BCUT2D eigenvalue weighted by Gasteiger charge is -2.26. The molecule has 1 saturated heterocycles. The molecule has 0 saturated carbocycles. The van der Waals surface area contributed by atoms with Crippen molar-refractivity contribution in [3.8, 4) is 0 Å². The van der Waals surface area contributed by atoms with Crippen LogP contribution in [0.1, 0.15) is 17.1 Å². The molecule has 3 N–H and O–H groups in total. The summed E-state index contributed by atoms with van der Waals surface area (Å²) in [7, 11) is 1.48. The Hall–Kier alpha value is -4.52. The lowest BCUT2D eigenvalue weighted by Crippen LogP contribution is -2.48. The van der Waals surface area contributed by atoms with Crippen LogP contribution in [-0.4, -0.2) is 64.7 Å². The molecule has 13 heteroatoms. The number of benzene rings is 1. The van der Waals surface area contributed by atoms with Crippen LogP contribution in [0.2, 0.25) is 0 Å². The Balaban J connectivity index is 1.59. The molecule has 1 aromatic carbocycles. The van der Waals surface area contributed by atoms with E-state index in [0.29, 0.717) is 48.8 Å². The molecule has 3 aromatic rings. The van der Waals surface area contributed by atoms with Gasteiger partial charge in [0.25, 0.3) is 0 Å². The lowest BCUT2D eigenvalue weighted by atomic mass is 10.2. The van der Waals surface area contributed by atoms with Gasteiger partial charge in [-0.25, -0.2) is 23.8 Å². The standard InChI is InChI=1S/C23H23F2N9O2/c1-33(31-21-13-27-7-8-34(21)14-35)23-17(25)12-29-22(30-23)18(26)10-20(19-6-9-36-32-19)28-11-15-4-2-3-5-16(15)24/h2-6,9-10,12,14,26-28H,7-8,11,13H2,1H3/b20-10-,26-18?,31-21-. The Labute approximate surface area is 205 Å². The number of hydrazone groups is 1. The number of anilines is 1. The van der Waals surface area contributed by atoms with E-state index in [0.717, 1.165) is 6.20 Å². The normalized spacial score (nSPS) is 15.1. The molecule has 0 radical (unpaired) electrons. The highest BCUT2D eigenvalue weighted by Crippen LogP contribution is 2.17. The predicted octanol–water partition coefficient (Wildman–Crippen LogP) is 1.75. The maximum Gasteiger partial charge on any atom is 0.215 e. The number of rotatable bonds is 9. The molecule has 3 heterocycles. The number of carbonyl (C=O) groups excluding carboxylic acids is 1. The number of nitrogens with zero attached hydrogens (tertiary/aromatic N) is 6. The first-order valence-electron chi connectivity index (χ1n) is 10.9. The zero-order valence-corrected chi connectivity index (χ0v) is 19.3. The summed E-state index contributed by atoms with van der Waals surface area (Å²) in [5.41, 5.74) is 0.988. The average Bonchev–Trinajstić information content (AvgIpc) is 3.43. The zero-order chi connectivity index (χ0) is 25.5. The van der Waals surface area contributed by atoms with Gasteiger partial charge in [-0.3, -0.25) is 15.1 Å². The van der Waals surface area contributed by atoms with E-state index in [1.54, 1.807) is 24.3 Å². The van der Waals surface area contributed by atoms with Crippen molar-refractivity contribution in [3.63, 3.8) is 0 Å². The van der Waals surface area contributed by atoms with E-state index in [2.05, 4.69) is 30.9 Å². The van der Waals surface area contributed by atoms with Gasteiger partial charge >= 0.3 is 0 Å². The van der Waals surface area contributed by atoms with Gasteiger partial charge in [-0.1, -0.05) is 23.4 Å². The summed E-state index contributed by atoms with van der Waals surface area (Å²) in [5, 5.41) is 24.0. The van der Waals surface area contributed by atoms with Crippen molar-refractivity contribution in [3.05, 3.63) is 77.6 Å². The second-order valence-corrected chi connectivity index (χ2v) is 7.68. The molecule has 0 spiro atoms. The number of halogens is 2. The van der Waals surface area contributed by atoms with E-state index in [1.165, 1.54) is 35.4 Å². The number of hydrogen-bond donors (Lipinski definition) is 3. The third-order valence-corrected chi connectivity index (χ3v) is 5.24. The van der Waals surface area contributed by atoms with E-state index in [-0.39, 0.29) is 29.7 Å². The Bertz CT molecular complexity index is 1290. The molecule has 11 nitrogen and oxygen atoms in total. The fraction of sp³-hybridized carbons (Fsp3) is 0.217. The summed E-state index contributed by atoms with van der Waals surface area (Å²) in [6.45, 7) is 1.51. The largest absolute Gasteiger partial charge is 0.379 e. The summed E-state index contributed by atoms with van der Waals surface area (Å²) >= 11 is 0. The van der Waals surface area contributed by atoms with E-state index < -0.39 is 5.82 Å². The minimum Gasteiger partial charge on any atom is -0.379 e. The highest BCUT2D eigenvalue weighted by molar-refractivity contribution is 6.07. The van der Waals surface area contributed by atoms with Gasteiger partial charge in [-0.05, 0) is 12.1 Å². The maximum atomic E-state index is 14.6. The lowest BCUT2D eigenvalue weighted by molar-refractivity contribution is -0.115. The fourth-order valence-electron chi connectivity index (χ4n) is 3.38. The molecule has 0 aliphatic carbocycles. The number of carbonyl (C=O) groups is 1. The molecule has 2 aromatic heterocycles. The monoisotopic (exact) mass is 495 g/mol. The Morgan fingerprint density at radius 1 is 1.33 bits per heavy atom. The molecule has 1 aliphatic heterocycles.